The van der Waals surface area contributed by atoms with E-state index in [1.54, 1.807) is 6.07 Å². The third-order valence-corrected chi connectivity index (χ3v) is 6.08. The zero-order valence-electron chi connectivity index (χ0n) is 16.3. The van der Waals surface area contributed by atoms with Crippen LogP contribution >= 0.6 is 31.9 Å². The van der Waals surface area contributed by atoms with Crippen LogP contribution in [0.3, 0.4) is 0 Å². The molecule has 0 unspecified atom stereocenters. The van der Waals surface area contributed by atoms with E-state index in [0.29, 0.717) is 21.2 Å². The largest absolute Gasteiger partial charge is 0.478 e. The molecular formula is C24H16Br2N2O3. The fourth-order valence-corrected chi connectivity index (χ4v) is 4.27. The van der Waals surface area contributed by atoms with Crippen molar-refractivity contribution in [2.24, 2.45) is 0 Å². The molecule has 0 saturated heterocycles. The van der Waals surface area contributed by atoms with E-state index in [9.17, 15) is 9.59 Å². The molecule has 5 nitrogen and oxygen atoms in total. The second-order valence-electron chi connectivity index (χ2n) is 6.94. The van der Waals surface area contributed by atoms with E-state index in [0.717, 1.165) is 26.7 Å². The molecule has 2 N–H and O–H groups in total. The van der Waals surface area contributed by atoms with Gasteiger partial charge >= 0.3 is 5.97 Å². The third kappa shape index (κ3) is 4.24. The summed E-state index contributed by atoms with van der Waals surface area (Å²) in [5.41, 5.74) is 4.25. The number of carbonyl (C=O) groups excluding carboxylic acids is 1. The highest BCUT2D eigenvalue weighted by atomic mass is 79.9. The number of carbonyl (C=O) groups is 2. The summed E-state index contributed by atoms with van der Waals surface area (Å²) in [5.74, 6) is -1.34. The summed E-state index contributed by atoms with van der Waals surface area (Å²) in [4.78, 5) is 29.4. The lowest BCUT2D eigenvalue weighted by Crippen LogP contribution is -2.16. The molecule has 1 aromatic heterocycles. The second-order valence-corrected chi connectivity index (χ2v) is 8.71. The Balaban J connectivity index is 1.85. The zero-order valence-corrected chi connectivity index (χ0v) is 19.5. The first-order valence-electron chi connectivity index (χ1n) is 9.34. The first-order valence-corrected chi connectivity index (χ1v) is 10.9. The lowest BCUT2D eigenvalue weighted by atomic mass is 9.97. The lowest BCUT2D eigenvalue weighted by Gasteiger charge is -2.16. The average Bonchev–Trinajstić information content (AvgIpc) is 2.75. The van der Waals surface area contributed by atoms with Gasteiger partial charge in [0.1, 0.15) is 0 Å². The van der Waals surface area contributed by atoms with Crippen molar-refractivity contribution in [2.45, 2.75) is 6.92 Å². The number of hydrogen-bond acceptors (Lipinski definition) is 3. The predicted molar refractivity (Wildman–Crippen MR) is 129 cm³/mol. The Morgan fingerprint density at radius 1 is 0.968 bits per heavy atom. The van der Waals surface area contributed by atoms with Crippen molar-refractivity contribution in [1.82, 2.24) is 4.98 Å². The minimum Gasteiger partial charge on any atom is -0.478 e. The van der Waals surface area contributed by atoms with Gasteiger partial charge in [0.05, 0.1) is 28.0 Å². The van der Waals surface area contributed by atoms with Crippen molar-refractivity contribution in [3.05, 3.63) is 92.4 Å². The molecule has 0 bridgehead atoms. The number of nitrogens with zero attached hydrogens (tertiary/aromatic N) is 1. The molecule has 0 fully saturated rings. The summed E-state index contributed by atoms with van der Waals surface area (Å²) in [6.45, 7) is 1.88. The van der Waals surface area contributed by atoms with Gasteiger partial charge in [0.2, 0.25) is 0 Å². The fourth-order valence-electron chi connectivity index (χ4n) is 3.43. The zero-order chi connectivity index (χ0) is 22.1. The van der Waals surface area contributed by atoms with Gasteiger partial charge in [-0.1, -0.05) is 46.3 Å². The maximum Gasteiger partial charge on any atom is 0.335 e. The number of anilines is 1. The number of benzene rings is 3. The van der Waals surface area contributed by atoms with Gasteiger partial charge in [0, 0.05) is 19.9 Å². The molecular weight excluding hydrogens is 524 g/mol. The van der Waals surface area contributed by atoms with Gasteiger partial charge in [-0.25, -0.2) is 9.78 Å². The SMILES string of the molecule is Cc1c(-c2ccccc2)nc2ccc(Br)cc2c1C(=O)Nc1ccc(C(=O)O)cc1Br. The number of halogens is 2. The quantitative estimate of drug-likeness (QED) is 0.303. The molecule has 0 saturated carbocycles. The fraction of sp³-hybridized carbons (Fsp3) is 0.0417. The molecule has 3 aromatic carbocycles. The topological polar surface area (TPSA) is 79.3 Å². The summed E-state index contributed by atoms with van der Waals surface area (Å²) in [5, 5.41) is 12.8. The number of pyridine rings is 1. The van der Waals surface area contributed by atoms with Gasteiger partial charge in [-0.2, -0.15) is 0 Å². The van der Waals surface area contributed by atoms with Crippen LogP contribution in [-0.4, -0.2) is 22.0 Å². The summed E-state index contributed by atoms with van der Waals surface area (Å²) in [6.07, 6.45) is 0. The van der Waals surface area contributed by atoms with Crippen LogP contribution in [0.5, 0.6) is 0 Å². The molecule has 1 heterocycles. The van der Waals surface area contributed by atoms with E-state index < -0.39 is 5.97 Å². The van der Waals surface area contributed by atoms with Crippen LogP contribution < -0.4 is 5.32 Å². The van der Waals surface area contributed by atoms with Crippen molar-refractivity contribution in [1.29, 1.82) is 0 Å². The highest BCUT2D eigenvalue weighted by molar-refractivity contribution is 9.10. The van der Waals surface area contributed by atoms with E-state index in [4.69, 9.17) is 10.1 Å². The Bertz CT molecular complexity index is 1340. The highest BCUT2D eigenvalue weighted by Gasteiger charge is 2.20. The maximum atomic E-state index is 13.4. The number of rotatable bonds is 4. The Labute approximate surface area is 195 Å². The van der Waals surface area contributed by atoms with E-state index >= 15 is 0 Å². The molecule has 4 rings (SSSR count). The molecule has 1 amide bonds. The molecule has 0 aliphatic carbocycles. The monoisotopic (exact) mass is 538 g/mol. The molecule has 31 heavy (non-hydrogen) atoms. The van der Waals surface area contributed by atoms with Gasteiger partial charge in [-0.15, -0.1) is 0 Å². The molecule has 154 valence electrons. The standard InChI is InChI=1S/C24H16Br2N2O3/c1-13-21(23(29)28-20-9-7-15(24(30)31)11-18(20)26)17-12-16(25)8-10-19(17)27-22(13)14-5-3-2-4-6-14/h2-12H,1H3,(H,28,29)(H,30,31). The number of aromatic carboxylic acids is 1. The number of carboxylic acid groups (broad SMARTS) is 1. The lowest BCUT2D eigenvalue weighted by molar-refractivity contribution is 0.0696. The van der Waals surface area contributed by atoms with Gasteiger partial charge in [0.15, 0.2) is 0 Å². The van der Waals surface area contributed by atoms with Crippen LogP contribution in [0.4, 0.5) is 5.69 Å². The van der Waals surface area contributed by atoms with E-state index in [1.165, 1.54) is 12.1 Å². The smallest absolute Gasteiger partial charge is 0.335 e. The minimum atomic E-state index is -1.04. The van der Waals surface area contributed by atoms with Crippen LogP contribution in [0.25, 0.3) is 22.2 Å². The van der Waals surface area contributed by atoms with Gasteiger partial charge < -0.3 is 10.4 Å². The van der Waals surface area contributed by atoms with Crippen LogP contribution in [0, 0.1) is 6.92 Å². The maximum absolute atomic E-state index is 13.4. The summed E-state index contributed by atoms with van der Waals surface area (Å²) in [6, 6.07) is 19.8. The Morgan fingerprint density at radius 3 is 2.39 bits per heavy atom. The number of carboxylic acids is 1. The van der Waals surface area contributed by atoms with Crippen molar-refractivity contribution in [3.8, 4) is 11.3 Å². The number of aromatic nitrogens is 1. The van der Waals surface area contributed by atoms with Crippen molar-refractivity contribution >= 4 is 60.3 Å². The molecule has 0 radical (unpaired) electrons. The van der Waals surface area contributed by atoms with Crippen LogP contribution in [0.1, 0.15) is 26.3 Å². The van der Waals surface area contributed by atoms with E-state index in [1.807, 2.05) is 55.5 Å². The summed E-state index contributed by atoms with van der Waals surface area (Å²) < 4.78 is 1.33. The van der Waals surface area contributed by atoms with Crippen molar-refractivity contribution in [3.63, 3.8) is 0 Å². The average molecular weight is 540 g/mol. The molecule has 0 atom stereocenters. The van der Waals surface area contributed by atoms with Gasteiger partial charge in [-0.05, 0) is 64.8 Å². The van der Waals surface area contributed by atoms with Gasteiger partial charge in [-0.3, -0.25) is 4.79 Å². The third-order valence-electron chi connectivity index (χ3n) is 4.93. The first-order chi connectivity index (χ1) is 14.8. The number of nitrogens with one attached hydrogen (secondary N) is 1. The molecule has 0 aliphatic heterocycles. The Hall–Kier alpha value is -3.03. The Kier molecular flexibility index (Phi) is 5.89. The van der Waals surface area contributed by atoms with Gasteiger partial charge in [0.25, 0.3) is 5.91 Å². The summed E-state index contributed by atoms with van der Waals surface area (Å²) in [7, 11) is 0. The first kappa shape index (κ1) is 21.2. The molecule has 4 aromatic rings. The second kappa shape index (κ2) is 8.61. The van der Waals surface area contributed by atoms with Crippen LogP contribution in [0.2, 0.25) is 0 Å². The number of hydrogen-bond donors (Lipinski definition) is 2. The predicted octanol–water partition coefficient (Wildman–Crippen LogP) is 6.69. The minimum absolute atomic E-state index is 0.130. The molecule has 0 spiro atoms. The van der Waals surface area contributed by atoms with Crippen molar-refractivity contribution < 1.29 is 14.7 Å². The van der Waals surface area contributed by atoms with Crippen molar-refractivity contribution in [2.75, 3.05) is 5.32 Å². The van der Waals surface area contributed by atoms with Crippen LogP contribution in [-0.2, 0) is 0 Å². The molecule has 7 heteroatoms. The summed E-state index contributed by atoms with van der Waals surface area (Å²) >= 11 is 6.83. The Morgan fingerprint density at radius 2 is 1.71 bits per heavy atom. The normalized spacial score (nSPS) is 10.8. The highest BCUT2D eigenvalue weighted by Crippen LogP contribution is 2.32. The molecule has 0 aliphatic rings. The van der Waals surface area contributed by atoms with E-state index in [-0.39, 0.29) is 11.5 Å². The number of fused-ring (bicyclic) bond motifs is 1. The van der Waals surface area contributed by atoms with Crippen LogP contribution in [0.15, 0.2) is 75.7 Å². The number of amides is 1. The van der Waals surface area contributed by atoms with E-state index in [2.05, 4.69) is 37.2 Å².